The molecular weight excluding hydrogens is 219 g/mol. The van der Waals surface area contributed by atoms with Gasteiger partial charge < -0.3 is 8.98 Å². The summed E-state index contributed by atoms with van der Waals surface area (Å²) in [5.41, 5.74) is 1.53. The topological polar surface area (TPSA) is 31.0 Å². The predicted molar refractivity (Wildman–Crippen MR) is 61.2 cm³/mol. The van der Waals surface area contributed by atoms with E-state index in [1.807, 2.05) is 4.57 Å². The number of halogens is 1. The van der Waals surface area contributed by atoms with Crippen molar-refractivity contribution in [2.45, 2.75) is 0 Å². The first-order valence-electron chi connectivity index (χ1n) is 5.16. The molecule has 0 bridgehead atoms. The Hall–Kier alpha value is -2.36. The van der Waals surface area contributed by atoms with Gasteiger partial charge in [0.15, 0.2) is 0 Å². The molecule has 0 atom stereocenters. The molecule has 0 radical (unpaired) electrons. The summed E-state index contributed by atoms with van der Waals surface area (Å²) in [5, 5.41) is 0. The molecule has 0 amide bonds. The molecule has 4 heteroatoms. The molecule has 0 saturated heterocycles. The van der Waals surface area contributed by atoms with Gasteiger partial charge in [0, 0.05) is 18.0 Å². The first kappa shape index (κ1) is 9.84. The summed E-state index contributed by atoms with van der Waals surface area (Å²) in [5.74, 6) is 0.341. The Morgan fingerprint density at radius 3 is 2.88 bits per heavy atom. The van der Waals surface area contributed by atoms with Crippen molar-refractivity contribution in [3.8, 4) is 17.0 Å². The highest BCUT2D eigenvalue weighted by Crippen LogP contribution is 2.27. The highest BCUT2D eigenvalue weighted by molar-refractivity contribution is 5.68. The molecule has 3 aromatic rings. The SMILES string of the molecule is Fc1ccc(-n2ccnc2)c(-c2ccco2)c1. The number of hydrogen-bond acceptors (Lipinski definition) is 2. The molecule has 2 aromatic heterocycles. The highest BCUT2D eigenvalue weighted by atomic mass is 19.1. The molecule has 0 unspecified atom stereocenters. The van der Waals surface area contributed by atoms with Gasteiger partial charge in [-0.05, 0) is 30.3 Å². The van der Waals surface area contributed by atoms with Crippen molar-refractivity contribution >= 4 is 0 Å². The Morgan fingerprint density at radius 2 is 2.18 bits per heavy atom. The average molecular weight is 228 g/mol. The minimum absolute atomic E-state index is 0.291. The Kier molecular flexibility index (Phi) is 2.26. The number of furan rings is 1. The number of benzene rings is 1. The Morgan fingerprint density at radius 1 is 1.24 bits per heavy atom. The lowest BCUT2D eigenvalue weighted by Gasteiger charge is -2.08. The largest absolute Gasteiger partial charge is 0.464 e. The number of rotatable bonds is 2. The van der Waals surface area contributed by atoms with Crippen molar-refractivity contribution in [2.75, 3.05) is 0 Å². The van der Waals surface area contributed by atoms with Gasteiger partial charge in [-0.25, -0.2) is 9.37 Å². The third-order valence-electron chi connectivity index (χ3n) is 2.53. The Balaban J connectivity index is 2.22. The van der Waals surface area contributed by atoms with Crippen LogP contribution in [0.5, 0.6) is 0 Å². The van der Waals surface area contributed by atoms with Crippen molar-refractivity contribution in [1.82, 2.24) is 9.55 Å². The molecule has 1 aromatic carbocycles. The van der Waals surface area contributed by atoms with Crippen molar-refractivity contribution in [2.24, 2.45) is 0 Å². The van der Waals surface area contributed by atoms with Crippen LogP contribution in [0.4, 0.5) is 4.39 Å². The van der Waals surface area contributed by atoms with Crippen LogP contribution in [0.1, 0.15) is 0 Å². The van der Waals surface area contributed by atoms with Crippen LogP contribution < -0.4 is 0 Å². The normalized spacial score (nSPS) is 10.6. The third kappa shape index (κ3) is 1.73. The molecule has 0 aliphatic rings. The maximum absolute atomic E-state index is 13.3. The van der Waals surface area contributed by atoms with E-state index in [-0.39, 0.29) is 5.82 Å². The van der Waals surface area contributed by atoms with E-state index in [1.165, 1.54) is 12.1 Å². The maximum atomic E-state index is 13.3. The summed E-state index contributed by atoms with van der Waals surface area (Å²) in [6, 6.07) is 8.15. The molecule has 0 N–H and O–H groups in total. The van der Waals surface area contributed by atoms with E-state index in [0.29, 0.717) is 11.3 Å². The van der Waals surface area contributed by atoms with Gasteiger partial charge in [0.05, 0.1) is 18.3 Å². The van der Waals surface area contributed by atoms with Gasteiger partial charge in [0.2, 0.25) is 0 Å². The van der Waals surface area contributed by atoms with Crippen LogP contribution in [0.2, 0.25) is 0 Å². The second-order valence-corrected chi connectivity index (χ2v) is 3.61. The van der Waals surface area contributed by atoms with E-state index in [2.05, 4.69) is 4.98 Å². The van der Waals surface area contributed by atoms with E-state index in [4.69, 9.17) is 4.42 Å². The van der Waals surface area contributed by atoms with Crippen LogP contribution in [0.15, 0.2) is 59.7 Å². The van der Waals surface area contributed by atoms with Gasteiger partial charge in [-0.1, -0.05) is 0 Å². The minimum atomic E-state index is -0.291. The quantitative estimate of drug-likeness (QED) is 0.674. The summed E-state index contributed by atoms with van der Waals surface area (Å²) in [7, 11) is 0. The maximum Gasteiger partial charge on any atom is 0.136 e. The van der Waals surface area contributed by atoms with E-state index < -0.39 is 0 Å². The second kappa shape index (κ2) is 3.90. The van der Waals surface area contributed by atoms with Gasteiger partial charge in [0.1, 0.15) is 11.6 Å². The molecular formula is C13H9FN2O. The highest BCUT2D eigenvalue weighted by Gasteiger charge is 2.10. The Labute approximate surface area is 97.1 Å². The lowest BCUT2D eigenvalue weighted by atomic mass is 10.1. The Bertz CT molecular complexity index is 615. The van der Waals surface area contributed by atoms with Crippen LogP contribution in [0.25, 0.3) is 17.0 Å². The number of aromatic nitrogens is 2. The molecule has 0 spiro atoms. The first-order chi connectivity index (χ1) is 8.34. The molecule has 17 heavy (non-hydrogen) atoms. The van der Waals surface area contributed by atoms with Crippen molar-refractivity contribution in [3.63, 3.8) is 0 Å². The van der Waals surface area contributed by atoms with Crippen molar-refractivity contribution in [1.29, 1.82) is 0 Å². The molecule has 2 heterocycles. The summed E-state index contributed by atoms with van der Waals surface area (Å²) >= 11 is 0. The molecule has 84 valence electrons. The smallest absolute Gasteiger partial charge is 0.136 e. The standard InChI is InChI=1S/C13H9FN2O/c14-10-3-4-12(16-6-5-15-9-16)11(8-10)13-2-1-7-17-13/h1-9H. The monoisotopic (exact) mass is 228 g/mol. The molecule has 3 rings (SSSR count). The van der Waals surface area contributed by atoms with E-state index in [9.17, 15) is 4.39 Å². The zero-order valence-electron chi connectivity index (χ0n) is 8.88. The van der Waals surface area contributed by atoms with E-state index in [0.717, 1.165) is 5.69 Å². The fourth-order valence-electron chi connectivity index (χ4n) is 1.76. The van der Waals surface area contributed by atoms with Crippen LogP contribution in [0, 0.1) is 5.82 Å². The van der Waals surface area contributed by atoms with Gasteiger partial charge in [-0.2, -0.15) is 0 Å². The van der Waals surface area contributed by atoms with Crippen LogP contribution >= 0.6 is 0 Å². The van der Waals surface area contributed by atoms with E-state index >= 15 is 0 Å². The van der Waals surface area contributed by atoms with Crippen LogP contribution in [-0.2, 0) is 0 Å². The van der Waals surface area contributed by atoms with Gasteiger partial charge in [-0.3, -0.25) is 0 Å². The molecule has 0 aliphatic heterocycles. The van der Waals surface area contributed by atoms with Gasteiger partial charge in [0.25, 0.3) is 0 Å². The fraction of sp³-hybridized carbons (Fsp3) is 0. The zero-order chi connectivity index (χ0) is 11.7. The minimum Gasteiger partial charge on any atom is -0.464 e. The zero-order valence-corrected chi connectivity index (χ0v) is 8.88. The predicted octanol–water partition coefficient (Wildman–Crippen LogP) is 3.27. The van der Waals surface area contributed by atoms with E-state index in [1.54, 1.807) is 43.2 Å². The molecule has 0 fully saturated rings. The van der Waals surface area contributed by atoms with Crippen molar-refractivity contribution < 1.29 is 8.81 Å². The fourth-order valence-corrected chi connectivity index (χ4v) is 1.76. The lowest BCUT2D eigenvalue weighted by Crippen LogP contribution is -1.94. The first-order valence-corrected chi connectivity index (χ1v) is 5.16. The number of nitrogens with zero attached hydrogens (tertiary/aromatic N) is 2. The van der Waals surface area contributed by atoms with Crippen LogP contribution in [0.3, 0.4) is 0 Å². The average Bonchev–Trinajstić information content (AvgIpc) is 3.02. The lowest BCUT2D eigenvalue weighted by molar-refractivity contribution is 0.579. The summed E-state index contributed by atoms with van der Waals surface area (Å²) in [4.78, 5) is 3.98. The number of hydrogen-bond donors (Lipinski definition) is 0. The molecule has 0 saturated carbocycles. The summed E-state index contributed by atoms with van der Waals surface area (Å²) in [6.45, 7) is 0. The molecule has 3 nitrogen and oxygen atoms in total. The second-order valence-electron chi connectivity index (χ2n) is 3.61. The third-order valence-corrected chi connectivity index (χ3v) is 2.53. The van der Waals surface area contributed by atoms with Gasteiger partial charge >= 0.3 is 0 Å². The summed E-state index contributed by atoms with van der Waals surface area (Å²) in [6.07, 6.45) is 6.71. The number of imidazole rings is 1. The molecule has 0 aliphatic carbocycles. The van der Waals surface area contributed by atoms with Crippen LogP contribution in [-0.4, -0.2) is 9.55 Å². The van der Waals surface area contributed by atoms with Gasteiger partial charge in [-0.15, -0.1) is 0 Å². The summed E-state index contributed by atoms with van der Waals surface area (Å²) < 4.78 is 20.4. The van der Waals surface area contributed by atoms with Crippen molar-refractivity contribution in [3.05, 3.63) is 61.1 Å².